The molecule has 0 atom stereocenters. The summed E-state index contributed by atoms with van der Waals surface area (Å²) in [7, 11) is 0. The van der Waals surface area contributed by atoms with Gasteiger partial charge in [0.2, 0.25) is 0 Å². The third-order valence-electron chi connectivity index (χ3n) is 3.70. The zero-order valence-electron chi connectivity index (χ0n) is 11.3. The van der Waals surface area contributed by atoms with Crippen molar-refractivity contribution >= 4 is 6.29 Å². The van der Waals surface area contributed by atoms with Gasteiger partial charge in [-0.25, -0.2) is 0 Å². The molecule has 1 rings (SSSR count). The van der Waals surface area contributed by atoms with Gasteiger partial charge in [0.15, 0.2) is 0 Å². The van der Waals surface area contributed by atoms with Crippen molar-refractivity contribution in [2.75, 3.05) is 13.1 Å². The van der Waals surface area contributed by atoms with Gasteiger partial charge >= 0.3 is 0 Å². The lowest BCUT2D eigenvalue weighted by Gasteiger charge is -2.35. The molecule has 0 heterocycles. The van der Waals surface area contributed by atoms with Gasteiger partial charge in [-0.1, -0.05) is 26.7 Å². The van der Waals surface area contributed by atoms with Gasteiger partial charge in [-0.05, 0) is 32.6 Å². The maximum atomic E-state index is 11.3. The molecule has 0 unspecified atom stereocenters. The van der Waals surface area contributed by atoms with Crippen molar-refractivity contribution in [3.05, 3.63) is 0 Å². The topological polar surface area (TPSA) is 20.3 Å². The van der Waals surface area contributed by atoms with Crippen LogP contribution in [0.4, 0.5) is 0 Å². The van der Waals surface area contributed by atoms with Crippen molar-refractivity contribution in [3.8, 4) is 0 Å². The third kappa shape index (κ3) is 3.58. The molecule has 0 saturated heterocycles. The molecule has 0 spiro atoms. The number of nitrogens with zero attached hydrogens (tertiary/aromatic N) is 1. The Morgan fingerprint density at radius 3 is 2.12 bits per heavy atom. The zero-order valence-corrected chi connectivity index (χ0v) is 11.3. The summed E-state index contributed by atoms with van der Waals surface area (Å²) in [5, 5.41) is 0. The lowest BCUT2D eigenvalue weighted by molar-refractivity contribution is -0.117. The van der Waals surface area contributed by atoms with E-state index in [0.29, 0.717) is 12.0 Å². The highest BCUT2D eigenvalue weighted by molar-refractivity contribution is 5.60. The fraction of sp³-hybridized carbons (Fsp3) is 0.929. The first-order chi connectivity index (χ1) is 7.49. The van der Waals surface area contributed by atoms with Gasteiger partial charge < -0.3 is 4.79 Å². The molecule has 1 aliphatic rings. The van der Waals surface area contributed by atoms with Gasteiger partial charge in [-0.2, -0.15) is 0 Å². The summed E-state index contributed by atoms with van der Waals surface area (Å²) in [6.45, 7) is 11.0. The van der Waals surface area contributed by atoms with Crippen LogP contribution in [0.1, 0.15) is 53.4 Å². The van der Waals surface area contributed by atoms with Gasteiger partial charge in [0.05, 0.1) is 0 Å². The summed E-state index contributed by atoms with van der Waals surface area (Å²) in [5.74, 6) is 0.674. The lowest BCUT2D eigenvalue weighted by Crippen LogP contribution is -2.43. The van der Waals surface area contributed by atoms with Crippen molar-refractivity contribution in [1.82, 2.24) is 4.90 Å². The minimum absolute atomic E-state index is 0.0286. The number of hydrogen-bond acceptors (Lipinski definition) is 2. The molecule has 0 aromatic rings. The van der Waals surface area contributed by atoms with Crippen molar-refractivity contribution in [1.29, 1.82) is 0 Å². The molecule has 1 aliphatic carbocycles. The Bertz CT molecular complexity index is 217. The average Bonchev–Trinajstić information content (AvgIpc) is 2.65. The van der Waals surface area contributed by atoms with Crippen LogP contribution in [0.3, 0.4) is 0 Å². The molecule has 1 saturated carbocycles. The fourth-order valence-corrected chi connectivity index (χ4v) is 2.72. The minimum Gasteiger partial charge on any atom is -0.303 e. The molecule has 0 aromatic carbocycles. The summed E-state index contributed by atoms with van der Waals surface area (Å²) in [6.07, 6.45) is 5.88. The first-order valence-electron chi connectivity index (χ1n) is 6.69. The average molecular weight is 225 g/mol. The monoisotopic (exact) mass is 225 g/mol. The first kappa shape index (κ1) is 13.7. The van der Waals surface area contributed by atoms with Crippen molar-refractivity contribution in [2.24, 2.45) is 11.3 Å². The van der Waals surface area contributed by atoms with Crippen LogP contribution >= 0.6 is 0 Å². The number of aldehydes is 1. The minimum atomic E-state index is -0.0286. The van der Waals surface area contributed by atoms with E-state index >= 15 is 0 Å². The summed E-state index contributed by atoms with van der Waals surface area (Å²) >= 11 is 0. The Morgan fingerprint density at radius 2 is 1.75 bits per heavy atom. The van der Waals surface area contributed by atoms with Gasteiger partial charge in [0.1, 0.15) is 6.29 Å². The Morgan fingerprint density at radius 1 is 1.19 bits per heavy atom. The number of rotatable bonds is 6. The smallest absolute Gasteiger partial charge is 0.127 e. The molecule has 0 aliphatic heterocycles. The molecule has 94 valence electrons. The van der Waals surface area contributed by atoms with Gasteiger partial charge in [0.25, 0.3) is 0 Å². The molecule has 1 fully saturated rings. The summed E-state index contributed by atoms with van der Waals surface area (Å²) in [5.41, 5.74) is -0.0286. The predicted molar refractivity (Wildman–Crippen MR) is 68.5 cm³/mol. The molecule has 0 aromatic heterocycles. The van der Waals surface area contributed by atoms with Gasteiger partial charge in [-0.15, -0.1) is 0 Å². The van der Waals surface area contributed by atoms with Crippen LogP contribution in [0.25, 0.3) is 0 Å². The Kier molecular flexibility index (Phi) is 4.97. The molecular weight excluding hydrogens is 198 g/mol. The van der Waals surface area contributed by atoms with E-state index < -0.39 is 0 Å². The predicted octanol–water partition coefficient (Wildman–Crippen LogP) is 3.11. The van der Waals surface area contributed by atoms with E-state index in [9.17, 15) is 4.79 Å². The second-order valence-electron chi connectivity index (χ2n) is 6.10. The highest BCUT2D eigenvalue weighted by atomic mass is 16.1. The number of hydrogen-bond donors (Lipinski definition) is 0. The third-order valence-corrected chi connectivity index (χ3v) is 3.70. The Balaban J connectivity index is 2.62. The number of carbonyl (C=O) groups excluding carboxylic acids is 1. The summed E-state index contributed by atoms with van der Waals surface area (Å²) in [6, 6.07) is 0.542. The highest BCUT2D eigenvalue weighted by Crippen LogP contribution is 2.37. The van der Waals surface area contributed by atoms with Gasteiger partial charge in [0, 0.05) is 24.5 Å². The van der Waals surface area contributed by atoms with E-state index in [4.69, 9.17) is 0 Å². The maximum absolute atomic E-state index is 11.3. The van der Waals surface area contributed by atoms with Crippen LogP contribution in [-0.2, 0) is 4.79 Å². The maximum Gasteiger partial charge on any atom is 0.127 e. The van der Waals surface area contributed by atoms with Crippen LogP contribution in [0.5, 0.6) is 0 Å². The molecule has 16 heavy (non-hydrogen) atoms. The van der Waals surface area contributed by atoms with E-state index in [0.717, 1.165) is 25.9 Å². The van der Waals surface area contributed by atoms with Crippen LogP contribution in [0, 0.1) is 11.3 Å². The van der Waals surface area contributed by atoms with E-state index in [1.165, 1.54) is 19.1 Å². The molecule has 0 radical (unpaired) electrons. The normalized spacial score (nSPS) is 19.9. The van der Waals surface area contributed by atoms with Crippen LogP contribution in [0.15, 0.2) is 0 Å². The van der Waals surface area contributed by atoms with Crippen molar-refractivity contribution in [3.63, 3.8) is 0 Å². The van der Waals surface area contributed by atoms with E-state index in [1.807, 2.05) is 0 Å². The van der Waals surface area contributed by atoms with Gasteiger partial charge in [-0.3, -0.25) is 4.90 Å². The zero-order chi connectivity index (χ0) is 12.2. The molecular formula is C14H27NO. The van der Waals surface area contributed by atoms with Crippen LogP contribution in [-0.4, -0.2) is 30.3 Å². The number of carbonyl (C=O) groups is 1. The second-order valence-corrected chi connectivity index (χ2v) is 6.10. The largest absolute Gasteiger partial charge is 0.303 e. The quantitative estimate of drug-likeness (QED) is 0.647. The first-order valence-corrected chi connectivity index (χ1v) is 6.69. The van der Waals surface area contributed by atoms with Crippen molar-refractivity contribution < 1.29 is 4.79 Å². The van der Waals surface area contributed by atoms with Crippen LogP contribution in [0.2, 0.25) is 0 Å². The summed E-state index contributed by atoms with van der Waals surface area (Å²) < 4.78 is 0. The van der Waals surface area contributed by atoms with E-state index in [-0.39, 0.29) is 5.41 Å². The van der Waals surface area contributed by atoms with E-state index in [1.54, 1.807) is 0 Å². The SMILES string of the molecule is CC(C)CN(CC1(C=O)CCCC1)C(C)C. The van der Waals surface area contributed by atoms with Crippen LogP contribution < -0.4 is 0 Å². The fourth-order valence-electron chi connectivity index (χ4n) is 2.72. The molecule has 0 amide bonds. The van der Waals surface area contributed by atoms with Crippen molar-refractivity contribution in [2.45, 2.75) is 59.4 Å². The lowest BCUT2D eigenvalue weighted by atomic mass is 9.87. The summed E-state index contributed by atoms with van der Waals surface area (Å²) in [4.78, 5) is 13.8. The molecule has 0 N–H and O–H groups in total. The Hall–Kier alpha value is -0.370. The Labute approximate surface area is 100 Å². The molecule has 0 bridgehead atoms. The molecule has 2 heteroatoms. The molecule has 2 nitrogen and oxygen atoms in total. The second kappa shape index (κ2) is 5.81. The standard InChI is InChI=1S/C14H27NO/c1-12(2)9-15(13(3)4)10-14(11-16)7-5-6-8-14/h11-13H,5-10H2,1-4H3. The highest BCUT2D eigenvalue weighted by Gasteiger charge is 2.35. The van der Waals surface area contributed by atoms with E-state index in [2.05, 4.69) is 32.6 Å².